The maximum Gasteiger partial charge on any atom is 0.322 e. The lowest BCUT2D eigenvalue weighted by Crippen LogP contribution is -2.39. The summed E-state index contributed by atoms with van der Waals surface area (Å²) in [7, 11) is 0. The Bertz CT molecular complexity index is 698. The Labute approximate surface area is 157 Å². The van der Waals surface area contributed by atoms with Crippen molar-refractivity contribution in [1.29, 1.82) is 0 Å². The number of urea groups is 1. The van der Waals surface area contributed by atoms with Gasteiger partial charge in [-0.25, -0.2) is 4.79 Å². The fourth-order valence-electron chi connectivity index (χ4n) is 2.80. The average Bonchev–Trinajstić information content (AvgIpc) is 3.11. The van der Waals surface area contributed by atoms with Gasteiger partial charge in [-0.2, -0.15) is 0 Å². The zero-order valence-electron chi connectivity index (χ0n) is 13.8. The van der Waals surface area contributed by atoms with Crippen LogP contribution in [0.15, 0.2) is 48.5 Å². The maximum atomic E-state index is 12.8. The molecular weight excluding hydrogens is 359 g/mol. The first-order chi connectivity index (χ1) is 12.1. The van der Waals surface area contributed by atoms with Gasteiger partial charge in [-0.3, -0.25) is 0 Å². The lowest BCUT2D eigenvalue weighted by Gasteiger charge is -2.26. The van der Waals surface area contributed by atoms with E-state index in [1.54, 1.807) is 29.2 Å². The summed E-state index contributed by atoms with van der Waals surface area (Å²) in [5.74, 6) is 0. The number of ether oxygens (including phenoxy) is 1. The minimum absolute atomic E-state index is 0.0864. The van der Waals surface area contributed by atoms with Gasteiger partial charge in [-0.05, 0) is 54.8 Å². The molecule has 132 valence electrons. The lowest BCUT2D eigenvalue weighted by molar-refractivity contribution is 0.0819. The highest BCUT2D eigenvalue weighted by Gasteiger charge is 2.23. The molecule has 4 nitrogen and oxygen atoms in total. The van der Waals surface area contributed by atoms with Crippen molar-refractivity contribution in [3.8, 4) is 0 Å². The average molecular weight is 379 g/mol. The van der Waals surface area contributed by atoms with Crippen LogP contribution in [0, 0.1) is 0 Å². The van der Waals surface area contributed by atoms with Crippen LogP contribution in [0.1, 0.15) is 18.4 Å². The van der Waals surface area contributed by atoms with E-state index < -0.39 is 0 Å². The summed E-state index contributed by atoms with van der Waals surface area (Å²) in [6.07, 6.45) is 2.10. The molecule has 0 aromatic heterocycles. The maximum absolute atomic E-state index is 12.8. The molecule has 2 amide bonds. The van der Waals surface area contributed by atoms with Crippen molar-refractivity contribution in [2.24, 2.45) is 0 Å². The number of benzene rings is 2. The molecule has 1 fully saturated rings. The second-order valence-corrected chi connectivity index (χ2v) is 6.95. The van der Waals surface area contributed by atoms with E-state index in [2.05, 4.69) is 5.32 Å². The minimum atomic E-state index is -0.159. The van der Waals surface area contributed by atoms with Gasteiger partial charge in [0.15, 0.2) is 0 Å². The molecule has 25 heavy (non-hydrogen) atoms. The Morgan fingerprint density at radius 2 is 1.72 bits per heavy atom. The molecule has 2 aromatic carbocycles. The van der Waals surface area contributed by atoms with Gasteiger partial charge in [0.2, 0.25) is 0 Å². The third kappa shape index (κ3) is 5.36. The van der Waals surface area contributed by atoms with E-state index in [9.17, 15) is 4.79 Å². The number of carbonyl (C=O) groups excluding carboxylic acids is 1. The topological polar surface area (TPSA) is 41.6 Å². The van der Waals surface area contributed by atoms with Crippen LogP contribution >= 0.6 is 23.2 Å². The van der Waals surface area contributed by atoms with Crippen LogP contribution in [0.3, 0.4) is 0 Å². The first-order valence-corrected chi connectivity index (χ1v) is 9.03. The van der Waals surface area contributed by atoms with Crippen molar-refractivity contribution in [3.63, 3.8) is 0 Å². The molecule has 0 spiro atoms. The number of anilines is 1. The molecule has 0 radical (unpaired) electrons. The summed E-state index contributed by atoms with van der Waals surface area (Å²) in [5.41, 5.74) is 1.73. The van der Waals surface area contributed by atoms with Crippen LogP contribution in [-0.4, -0.2) is 30.2 Å². The van der Waals surface area contributed by atoms with E-state index in [0.717, 1.165) is 25.0 Å². The summed E-state index contributed by atoms with van der Waals surface area (Å²) < 4.78 is 5.70. The van der Waals surface area contributed by atoms with Crippen LogP contribution in [0.25, 0.3) is 0 Å². The van der Waals surface area contributed by atoms with Gasteiger partial charge in [0.05, 0.1) is 6.10 Å². The largest absolute Gasteiger partial charge is 0.376 e. The third-order valence-electron chi connectivity index (χ3n) is 4.12. The number of nitrogens with zero attached hydrogens (tertiary/aromatic N) is 1. The molecule has 1 unspecified atom stereocenters. The Hall–Kier alpha value is -1.75. The first kappa shape index (κ1) is 18.1. The Morgan fingerprint density at radius 1 is 1.08 bits per heavy atom. The molecule has 1 heterocycles. The van der Waals surface area contributed by atoms with Gasteiger partial charge in [-0.1, -0.05) is 35.3 Å². The molecule has 0 saturated carbocycles. The Morgan fingerprint density at radius 3 is 2.32 bits per heavy atom. The summed E-state index contributed by atoms with van der Waals surface area (Å²) in [4.78, 5) is 14.5. The van der Waals surface area contributed by atoms with Crippen molar-refractivity contribution >= 4 is 34.9 Å². The highest BCUT2D eigenvalue weighted by Crippen LogP contribution is 2.19. The monoisotopic (exact) mass is 378 g/mol. The van der Waals surface area contributed by atoms with E-state index in [0.29, 0.717) is 28.8 Å². The van der Waals surface area contributed by atoms with Gasteiger partial charge in [0, 0.05) is 35.4 Å². The van der Waals surface area contributed by atoms with Gasteiger partial charge < -0.3 is 15.0 Å². The number of rotatable bonds is 5. The van der Waals surface area contributed by atoms with Crippen LogP contribution in [0.5, 0.6) is 0 Å². The lowest BCUT2D eigenvalue weighted by atomic mass is 10.2. The standard InChI is InChI=1S/C19H20Cl2N2O2/c20-15-5-3-14(4-6-15)12-23(13-18-2-1-11-25-18)19(24)22-17-9-7-16(21)8-10-17/h3-10,18H,1-2,11-13H2,(H,22,24). The molecule has 6 heteroatoms. The predicted molar refractivity (Wildman–Crippen MR) is 101 cm³/mol. The van der Waals surface area contributed by atoms with E-state index in [1.165, 1.54) is 0 Å². The number of halogens is 2. The first-order valence-electron chi connectivity index (χ1n) is 8.28. The summed E-state index contributed by atoms with van der Waals surface area (Å²) in [6.45, 7) is 1.82. The third-order valence-corrected chi connectivity index (χ3v) is 4.62. The molecule has 1 saturated heterocycles. The van der Waals surface area contributed by atoms with Gasteiger partial charge in [-0.15, -0.1) is 0 Å². The van der Waals surface area contributed by atoms with Gasteiger partial charge in [0.1, 0.15) is 0 Å². The van der Waals surface area contributed by atoms with Crippen molar-refractivity contribution in [3.05, 3.63) is 64.1 Å². The SMILES string of the molecule is O=C(Nc1ccc(Cl)cc1)N(Cc1ccc(Cl)cc1)CC1CCCO1. The van der Waals surface area contributed by atoms with Crippen LogP contribution in [0.4, 0.5) is 10.5 Å². The van der Waals surface area contributed by atoms with E-state index >= 15 is 0 Å². The Kier molecular flexibility index (Phi) is 6.19. The smallest absolute Gasteiger partial charge is 0.322 e. The second kappa shape index (κ2) is 8.56. The zero-order valence-corrected chi connectivity index (χ0v) is 15.3. The summed E-state index contributed by atoms with van der Waals surface area (Å²) in [6, 6.07) is 14.4. The van der Waals surface area contributed by atoms with Crippen LogP contribution in [0.2, 0.25) is 10.0 Å². The van der Waals surface area contributed by atoms with E-state index in [4.69, 9.17) is 27.9 Å². The van der Waals surface area contributed by atoms with Crippen LogP contribution in [-0.2, 0) is 11.3 Å². The molecule has 2 aromatic rings. The number of hydrogen-bond acceptors (Lipinski definition) is 2. The van der Waals surface area contributed by atoms with E-state index in [-0.39, 0.29) is 12.1 Å². The fraction of sp³-hybridized carbons (Fsp3) is 0.316. The molecule has 0 aliphatic carbocycles. The molecule has 3 rings (SSSR count). The zero-order chi connectivity index (χ0) is 17.6. The molecule has 1 N–H and O–H groups in total. The second-order valence-electron chi connectivity index (χ2n) is 6.08. The number of amides is 2. The highest BCUT2D eigenvalue weighted by atomic mass is 35.5. The number of carbonyl (C=O) groups is 1. The van der Waals surface area contributed by atoms with Crippen molar-refractivity contribution in [2.75, 3.05) is 18.5 Å². The highest BCUT2D eigenvalue weighted by molar-refractivity contribution is 6.30. The normalized spacial score (nSPS) is 16.6. The molecule has 1 aliphatic heterocycles. The molecular formula is C19H20Cl2N2O2. The Balaban J connectivity index is 1.70. The number of nitrogens with one attached hydrogen (secondary N) is 1. The number of hydrogen-bond donors (Lipinski definition) is 1. The summed E-state index contributed by atoms with van der Waals surface area (Å²) in [5, 5.41) is 4.24. The van der Waals surface area contributed by atoms with Gasteiger partial charge >= 0.3 is 6.03 Å². The van der Waals surface area contributed by atoms with Gasteiger partial charge in [0.25, 0.3) is 0 Å². The van der Waals surface area contributed by atoms with Crippen molar-refractivity contribution in [1.82, 2.24) is 4.90 Å². The quantitative estimate of drug-likeness (QED) is 0.775. The van der Waals surface area contributed by atoms with Crippen molar-refractivity contribution < 1.29 is 9.53 Å². The van der Waals surface area contributed by atoms with Crippen LogP contribution < -0.4 is 5.32 Å². The fourth-order valence-corrected chi connectivity index (χ4v) is 3.05. The molecule has 1 aliphatic rings. The summed E-state index contributed by atoms with van der Waals surface area (Å²) >= 11 is 11.8. The molecule has 0 bridgehead atoms. The predicted octanol–water partition coefficient (Wildman–Crippen LogP) is 5.21. The molecule has 1 atom stereocenters. The van der Waals surface area contributed by atoms with E-state index in [1.807, 2.05) is 24.3 Å². The van der Waals surface area contributed by atoms with Crippen molar-refractivity contribution in [2.45, 2.75) is 25.5 Å². The minimum Gasteiger partial charge on any atom is -0.376 e.